The number of rotatable bonds is 11. The molecule has 0 radical (unpaired) electrons. The number of para-hydroxylation sites is 3. The van der Waals surface area contributed by atoms with Crippen molar-refractivity contribution in [2.24, 2.45) is 0 Å². The molecule has 5 nitrogen and oxygen atoms in total. The lowest BCUT2D eigenvalue weighted by Gasteiger charge is -2.33. The highest BCUT2D eigenvalue weighted by molar-refractivity contribution is 6.09. The largest absolute Gasteiger partial charge is 0.457 e. The van der Waals surface area contributed by atoms with E-state index >= 15 is 0 Å². The van der Waals surface area contributed by atoms with E-state index in [1.165, 1.54) is 55.7 Å². The molecule has 1 aliphatic rings. The van der Waals surface area contributed by atoms with Gasteiger partial charge in [0.25, 0.3) is 0 Å². The van der Waals surface area contributed by atoms with Crippen LogP contribution in [0.4, 0.5) is 22.7 Å². The third-order valence-corrected chi connectivity index (χ3v) is 15.6. The second kappa shape index (κ2) is 17.8. The Morgan fingerprint density at radius 3 is 1.54 bits per heavy atom. The minimum Gasteiger partial charge on any atom is -0.457 e. The van der Waals surface area contributed by atoms with Crippen molar-refractivity contribution < 1.29 is 4.74 Å². The lowest BCUT2D eigenvalue weighted by molar-refractivity contribution is 0.483. The molecule has 0 saturated heterocycles. The van der Waals surface area contributed by atoms with E-state index in [0.29, 0.717) is 6.67 Å². The van der Waals surface area contributed by atoms with Gasteiger partial charge in [-0.1, -0.05) is 190 Å². The average molecular weight is 941 g/mol. The minimum absolute atomic E-state index is 0.0948. The average Bonchev–Trinajstić information content (AvgIpc) is 3.95. The van der Waals surface area contributed by atoms with Gasteiger partial charge in [0.05, 0.1) is 22.4 Å². The van der Waals surface area contributed by atoms with E-state index in [4.69, 9.17) is 9.72 Å². The topological polar surface area (TPSA) is 33.5 Å². The molecule has 0 aliphatic carbocycles. The zero-order valence-electron chi connectivity index (χ0n) is 43.1. The first-order chi connectivity index (χ1) is 34.6. The minimum atomic E-state index is -0.245. The number of nitrogens with zero attached hydrogens (tertiary/aromatic N) is 4. The van der Waals surface area contributed by atoms with Crippen molar-refractivity contribution in [3.05, 3.63) is 251 Å². The summed E-state index contributed by atoms with van der Waals surface area (Å²) >= 11 is 0. The molecule has 0 bridgehead atoms. The number of fused-ring (bicyclic) bond motifs is 4. The van der Waals surface area contributed by atoms with Crippen LogP contribution in [-0.2, 0) is 21.7 Å². The summed E-state index contributed by atoms with van der Waals surface area (Å²) in [7, 11) is 0. The van der Waals surface area contributed by atoms with E-state index in [9.17, 15) is 0 Å². The molecule has 8 aromatic carbocycles. The van der Waals surface area contributed by atoms with Crippen LogP contribution >= 0.6 is 0 Å². The molecule has 1 aliphatic heterocycles. The van der Waals surface area contributed by atoms with Gasteiger partial charge in [-0.3, -0.25) is 4.57 Å². The second-order valence-corrected chi connectivity index (χ2v) is 22.2. The molecule has 72 heavy (non-hydrogen) atoms. The van der Waals surface area contributed by atoms with Crippen molar-refractivity contribution in [2.75, 3.05) is 16.5 Å². The summed E-state index contributed by atoms with van der Waals surface area (Å²) in [6, 6.07) is 74.9. The van der Waals surface area contributed by atoms with E-state index in [1.807, 2.05) is 6.20 Å². The van der Waals surface area contributed by atoms with E-state index in [2.05, 4.69) is 283 Å². The SMILES string of the molecule is CC(C)(C)c1ccc(C(C)(C)c2ccnc(-n3c4ccccc4c4ccc(Oc5cccc(N6CN(c7cc(C(C)(C)c8ccccc8)cc(C(C)(C)c8ccccc8)c7)c7ccccc76)c5)cc43)c2)cc1. The van der Waals surface area contributed by atoms with Crippen LogP contribution in [0.25, 0.3) is 27.6 Å². The van der Waals surface area contributed by atoms with Crippen LogP contribution in [-0.4, -0.2) is 16.2 Å². The number of anilines is 4. The molecule has 0 fully saturated rings. The van der Waals surface area contributed by atoms with Crippen LogP contribution in [0.1, 0.15) is 101 Å². The van der Waals surface area contributed by atoms with Gasteiger partial charge < -0.3 is 14.5 Å². The Morgan fingerprint density at radius 2 is 0.903 bits per heavy atom. The smallest absolute Gasteiger partial charge is 0.137 e. The number of aromatic nitrogens is 2. The van der Waals surface area contributed by atoms with E-state index in [0.717, 1.165) is 45.1 Å². The molecule has 3 heterocycles. The maximum absolute atomic E-state index is 6.86. The zero-order valence-corrected chi connectivity index (χ0v) is 43.1. The molecular weight excluding hydrogens is 877 g/mol. The fourth-order valence-corrected chi connectivity index (χ4v) is 10.8. The van der Waals surface area contributed by atoms with Crippen molar-refractivity contribution >= 4 is 44.6 Å². The molecule has 5 heteroatoms. The standard InChI is InChI=1S/C67H64N4O/c1-64(2,3)46-31-33-49(34-32-46)65(4,5)50-37-38-68-63(42-50)71-59-28-17-16-27-57(59)58-36-35-56(44-62(58)71)72-55-26-20-25-53(43-55)69-45-70(61-30-19-18-29-60(61)69)54-40-51(66(6,7)47-21-12-10-13-22-47)39-52(41-54)67(8,9)48-23-14-11-15-24-48/h10-44H,45H2,1-9H3. The van der Waals surface area contributed by atoms with Crippen LogP contribution in [0, 0.1) is 0 Å². The highest BCUT2D eigenvalue weighted by atomic mass is 16.5. The Balaban J connectivity index is 0.933. The predicted octanol–water partition coefficient (Wildman–Crippen LogP) is 17.5. The fraction of sp³-hybridized carbons (Fsp3) is 0.209. The summed E-state index contributed by atoms with van der Waals surface area (Å²) in [5, 5.41) is 2.32. The van der Waals surface area contributed by atoms with Crippen molar-refractivity contribution in [2.45, 2.75) is 84.0 Å². The van der Waals surface area contributed by atoms with E-state index in [-0.39, 0.29) is 21.7 Å². The maximum Gasteiger partial charge on any atom is 0.137 e. The maximum atomic E-state index is 6.86. The zero-order chi connectivity index (χ0) is 50.0. The summed E-state index contributed by atoms with van der Waals surface area (Å²) in [5.41, 5.74) is 15.0. The van der Waals surface area contributed by atoms with Crippen LogP contribution in [0.3, 0.4) is 0 Å². The Morgan fingerprint density at radius 1 is 0.375 bits per heavy atom. The van der Waals surface area contributed by atoms with E-state index in [1.54, 1.807) is 0 Å². The third-order valence-electron chi connectivity index (χ3n) is 15.6. The monoisotopic (exact) mass is 941 g/mol. The lowest BCUT2D eigenvalue weighted by atomic mass is 9.73. The summed E-state index contributed by atoms with van der Waals surface area (Å²) in [6.45, 7) is 21.4. The fourth-order valence-electron chi connectivity index (χ4n) is 10.8. The number of benzene rings is 8. The first-order valence-corrected chi connectivity index (χ1v) is 25.4. The van der Waals surface area contributed by atoms with Crippen LogP contribution < -0.4 is 14.5 Å². The van der Waals surface area contributed by atoms with Gasteiger partial charge in [0.2, 0.25) is 0 Å². The van der Waals surface area contributed by atoms with Crippen LogP contribution in [0.15, 0.2) is 212 Å². The van der Waals surface area contributed by atoms with Crippen LogP contribution in [0.5, 0.6) is 11.5 Å². The molecule has 0 N–H and O–H groups in total. The summed E-state index contributed by atoms with van der Waals surface area (Å²) in [5.74, 6) is 2.40. The normalized spacial score (nSPS) is 13.2. The van der Waals surface area contributed by atoms with Gasteiger partial charge in [0, 0.05) is 56.7 Å². The molecule has 10 aromatic rings. The molecule has 11 rings (SSSR count). The van der Waals surface area contributed by atoms with Gasteiger partial charge >= 0.3 is 0 Å². The highest BCUT2D eigenvalue weighted by Crippen LogP contribution is 2.48. The molecule has 0 spiro atoms. The van der Waals surface area contributed by atoms with Gasteiger partial charge in [-0.25, -0.2) is 4.98 Å². The van der Waals surface area contributed by atoms with E-state index < -0.39 is 0 Å². The predicted molar refractivity (Wildman–Crippen MR) is 302 cm³/mol. The summed E-state index contributed by atoms with van der Waals surface area (Å²) < 4.78 is 9.14. The Labute approximate surface area is 426 Å². The van der Waals surface area contributed by atoms with Crippen molar-refractivity contribution in [3.8, 4) is 17.3 Å². The number of hydrogen-bond acceptors (Lipinski definition) is 4. The van der Waals surface area contributed by atoms with Gasteiger partial charge in [-0.15, -0.1) is 0 Å². The van der Waals surface area contributed by atoms with Crippen molar-refractivity contribution in [1.29, 1.82) is 0 Å². The molecule has 0 unspecified atom stereocenters. The highest BCUT2D eigenvalue weighted by Gasteiger charge is 2.33. The van der Waals surface area contributed by atoms with Gasteiger partial charge in [0.15, 0.2) is 0 Å². The number of ether oxygens (including phenoxy) is 1. The van der Waals surface area contributed by atoms with Gasteiger partial charge in [-0.2, -0.15) is 0 Å². The molecule has 2 aromatic heterocycles. The number of pyridine rings is 1. The van der Waals surface area contributed by atoms with Gasteiger partial charge in [-0.05, 0) is 111 Å². The molecule has 0 atom stereocenters. The molecule has 0 amide bonds. The van der Waals surface area contributed by atoms with Crippen molar-refractivity contribution in [3.63, 3.8) is 0 Å². The summed E-state index contributed by atoms with van der Waals surface area (Å²) in [4.78, 5) is 9.90. The first kappa shape index (κ1) is 46.5. The summed E-state index contributed by atoms with van der Waals surface area (Å²) in [6.07, 6.45) is 1.95. The number of hydrogen-bond donors (Lipinski definition) is 0. The van der Waals surface area contributed by atoms with Crippen LogP contribution in [0.2, 0.25) is 0 Å². The Hall–Kier alpha value is -7.89. The lowest BCUT2D eigenvalue weighted by Crippen LogP contribution is -2.27. The molecular formula is C67H64N4O. The second-order valence-electron chi connectivity index (χ2n) is 22.2. The Bertz CT molecular complexity index is 3530. The first-order valence-electron chi connectivity index (χ1n) is 25.4. The molecule has 0 saturated carbocycles. The van der Waals surface area contributed by atoms with Crippen molar-refractivity contribution in [1.82, 2.24) is 9.55 Å². The Kier molecular flexibility index (Phi) is 11.5. The third kappa shape index (κ3) is 8.31. The van der Waals surface area contributed by atoms with Gasteiger partial charge in [0.1, 0.15) is 24.0 Å². The molecule has 358 valence electrons. The quantitative estimate of drug-likeness (QED) is 0.129.